The molecule has 3 aromatic rings. The first-order valence-corrected chi connectivity index (χ1v) is 11.3. The molecule has 1 N–H and O–H groups in total. The summed E-state index contributed by atoms with van der Waals surface area (Å²) in [5.74, 6) is 0.602. The molecule has 0 radical (unpaired) electrons. The Morgan fingerprint density at radius 2 is 1.77 bits per heavy atom. The lowest BCUT2D eigenvalue weighted by molar-refractivity contribution is 0.0615. The van der Waals surface area contributed by atoms with Crippen molar-refractivity contribution < 1.29 is 22.6 Å². The Hall–Kier alpha value is -2.86. The van der Waals surface area contributed by atoms with Gasteiger partial charge in [-0.25, -0.2) is 13.1 Å². The van der Waals surface area contributed by atoms with E-state index in [1.54, 1.807) is 36.4 Å². The second-order valence-corrected chi connectivity index (χ2v) is 9.24. The lowest BCUT2D eigenvalue weighted by Gasteiger charge is -2.18. The van der Waals surface area contributed by atoms with Crippen LogP contribution in [0.5, 0.6) is 11.8 Å². The number of ether oxygens (including phenoxy) is 3. The molecule has 2 saturated heterocycles. The first-order valence-electron chi connectivity index (χ1n) is 9.84. The van der Waals surface area contributed by atoms with Gasteiger partial charge in [-0.1, -0.05) is 41.0 Å². The third-order valence-electron chi connectivity index (χ3n) is 5.39. The molecule has 0 amide bonds. The van der Waals surface area contributed by atoms with Gasteiger partial charge in [0.15, 0.2) is 0 Å². The van der Waals surface area contributed by atoms with Gasteiger partial charge in [0.2, 0.25) is 10.0 Å². The number of fused-ring (bicyclic) bond motifs is 1. The van der Waals surface area contributed by atoms with Crippen LogP contribution in [-0.4, -0.2) is 60.1 Å². The molecule has 0 bridgehead atoms. The molecule has 3 heterocycles. The minimum Gasteiger partial charge on any atom is -0.423 e. The Morgan fingerprint density at radius 3 is 2.55 bits per heavy atom. The molecule has 162 valence electrons. The SMILES string of the molecule is Cc1ccc(S(=O)(=O)N[C@H]2CO[C@H]3[C@@H]2OC[C@@H]3n2nnnc2Oc2ccccc2)cc1. The number of nitrogens with zero attached hydrogens (tertiary/aromatic N) is 4. The van der Waals surface area contributed by atoms with Gasteiger partial charge in [-0.3, -0.25) is 0 Å². The molecular weight excluding hydrogens is 422 g/mol. The number of hydrogen-bond donors (Lipinski definition) is 1. The van der Waals surface area contributed by atoms with Crippen LogP contribution in [0.3, 0.4) is 0 Å². The Bertz CT molecular complexity index is 1150. The molecule has 2 fully saturated rings. The van der Waals surface area contributed by atoms with Crippen molar-refractivity contribution in [2.45, 2.75) is 36.1 Å². The van der Waals surface area contributed by atoms with Crippen molar-refractivity contribution in [2.24, 2.45) is 0 Å². The van der Waals surface area contributed by atoms with E-state index in [4.69, 9.17) is 14.2 Å². The standard InChI is InChI=1S/C20H21N5O5S/c1-13-7-9-15(10-8-13)31(26,27)22-16-11-28-19-17(12-29-18(16)19)25-20(21-23-24-25)30-14-5-3-2-4-6-14/h2-10,16-19,22H,11-12H2,1H3/t16-,17-,18+,19+/m0/s1. The summed E-state index contributed by atoms with van der Waals surface area (Å²) in [4.78, 5) is 0.204. The van der Waals surface area contributed by atoms with Gasteiger partial charge in [-0.05, 0) is 41.6 Å². The van der Waals surface area contributed by atoms with Crippen molar-refractivity contribution in [3.05, 3.63) is 60.2 Å². The predicted octanol–water partition coefficient (Wildman–Crippen LogP) is 1.46. The molecule has 4 atom stereocenters. The molecule has 1 aromatic heterocycles. The second kappa shape index (κ2) is 8.00. The molecular formula is C20H21N5O5S. The van der Waals surface area contributed by atoms with Gasteiger partial charge in [0.1, 0.15) is 24.0 Å². The molecule has 10 nitrogen and oxygen atoms in total. The number of sulfonamides is 1. The number of nitrogens with one attached hydrogen (secondary N) is 1. The highest BCUT2D eigenvalue weighted by atomic mass is 32.2. The highest BCUT2D eigenvalue weighted by Crippen LogP contribution is 2.36. The third kappa shape index (κ3) is 3.92. The maximum Gasteiger partial charge on any atom is 0.341 e. The van der Waals surface area contributed by atoms with Crippen molar-refractivity contribution in [2.75, 3.05) is 13.2 Å². The summed E-state index contributed by atoms with van der Waals surface area (Å²) in [5.41, 5.74) is 0.986. The second-order valence-electron chi connectivity index (χ2n) is 7.53. The van der Waals surface area contributed by atoms with Crippen molar-refractivity contribution in [1.82, 2.24) is 24.9 Å². The number of tetrazole rings is 1. The lowest BCUT2D eigenvalue weighted by Crippen LogP contribution is -2.44. The summed E-state index contributed by atoms with van der Waals surface area (Å²) in [6.45, 7) is 2.36. The van der Waals surface area contributed by atoms with Crippen LogP contribution in [0.1, 0.15) is 11.6 Å². The Labute approximate surface area is 179 Å². The molecule has 5 rings (SSSR count). The highest BCUT2D eigenvalue weighted by Gasteiger charge is 2.50. The topological polar surface area (TPSA) is 117 Å². The number of aromatic nitrogens is 4. The third-order valence-corrected chi connectivity index (χ3v) is 6.90. The molecule has 11 heteroatoms. The zero-order valence-corrected chi connectivity index (χ0v) is 17.5. The smallest absolute Gasteiger partial charge is 0.341 e. The summed E-state index contributed by atoms with van der Waals surface area (Å²) in [6.07, 6.45) is -0.869. The average Bonchev–Trinajstić information content (AvgIpc) is 3.47. The summed E-state index contributed by atoms with van der Waals surface area (Å²) >= 11 is 0. The zero-order chi connectivity index (χ0) is 21.4. The number of rotatable bonds is 6. The van der Waals surface area contributed by atoms with Crippen LogP contribution in [0.2, 0.25) is 0 Å². The van der Waals surface area contributed by atoms with Gasteiger partial charge < -0.3 is 14.2 Å². The van der Waals surface area contributed by atoms with Gasteiger partial charge in [-0.15, -0.1) is 0 Å². The van der Waals surface area contributed by atoms with Crippen LogP contribution >= 0.6 is 0 Å². The fourth-order valence-electron chi connectivity index (χ4n) is 3.83. The Balaban J connectivity index is 1.31. The van der Waals surface area contributed by atoms with Gasteiger partial charge in [0, 0.05) is 0 Å². The quantitative estimate of drug-likeness (QED) is 0.609. The van der Waals surface area contributed by atoms with Crippen molar-refractivity contribution in [1.29, 1.82) is 0 Å². The van der Waals surface area contributed by atoms with E-state index in [9.17, 15) is 8.42 Å². The van der Waals surface area contributed by atoms with E-state index in [0.29, 0.717) is 5.75 Å². The number of para-hydroxylation sites is 1. The monoisotopic (exact) mass is 443 g/mol. The minimum atomic E-state index is -3.70. The molecule has 0 aliphatic carbocycles. The molecule has 0 spiro atoms. The van der Waals surface area contributed by atoms with E-state index in [1.165, 1.54) is 4.68 Å². The summed E-state index contributed by atoms with van der Waals surface area (Å²) in [5, 5.41) is 11.7. The summed E-state index contributed by atoms with van der Waals surface area (Å²) in [6, 6.07) is 15.2. The van der Waals surface area contributed by atoms with Crippen LogP contribution in [0, 0.1) is 6.92 Å². The van der Waals surface area contributed by atoms with E-state index >= 15 is 0 Å². The van der Waals surface area contributed by atoms with Crippen LogP contribution in [0.15, 0.2) is 59.5 Å². The van der Waals surface area contributed by atoms with Crippen molar-refractivity contribution in [3.63, 3.8) is 0 Å². The van der Waals surface area contributed by atoms with Crippen molar-refractivity contribution in [3.8, 4) is 11.8 Å². The molecule has 0 saturated carbocycles. The van der Waals surface area contributed by atoms with Crippen LogP contribution < -0.4 is 9.46 Å². The van der Waals surface area contributed by atoms with Crippen LogP contribution in [0.25, 0.3) is 0 Å². The number of hydrogen-bond acceptors (Lipinski definition) is 8. The van der Waals surface area contributed by atoms with Gasteiger partial charge >= 0.3 is 6.01 Å². The molecule has 2 aliphatic rings. The van der Waals surface area contributed by atoms with Gasteiger partial charge in [-0.2, -0.15) is 4.68 Å². The van der Waals surface area contributed by atoms with Crippen LogP contribution in [0.4, 0.5) is 0 Å². The van der Waals surface area contributed by atoms with Crippen molar-refractivity contribution >= 4 is 10.0 Å². The van der Waals surface area contributed by atoms with Crippen LogP contribution in [-0.2, 0) is 19.5 Å². The van der Waals surface area contributed by atoms with E-state index in [1.807, 2.05) is 25.1 Å². The number of aryl methyl sites for hydroxylation is 1. The average molecular weight is 443 g/mol. The van der Waals surface area contributed by atoms with Gasteiger partial charge in [0.05, 0.1) is 24.2 Å². The maximum absolute atomic E-state index is 12.8. The largest absolute Gasteiger partial charge is 0.423 e. The maximum atomic E-state index is 12.8. The lowest BCUT2D eigenvalue weighted by atomic mass is 10.1. The molecule has 2 aliphatic heterocycles. The number of benzene rings is 2. The fraction of sp³-hybridized carbons (Fsp3) is 0.350. The molecule has 2 aromatic carbocycles. The Morgan fingerprint density at radius 1 is 1.03 bits per heavy atom. The fourth-order valence-corrected chi connectivity index (χ4v) is 5.06. The van der Waals surface area contributed by atoms with Gasteiger partial charge in [0.25, 0.3) is 0 Å². The summed E-state index contributed by atoms with van der Waals surface area (Å²) in [7, 11) is -3.70. The van der Waals surface area contributed by atoms with E-state index < -0.39 is 28.3 Å². The normalized spacial score (nSPS) is 25.5. The van der Waals surface area contributed by atoms with E-state index in [0.717, 1.165) is 5.56 Å². The summed E-state index contributed by atoms with van der Waals surface area (Å²) < 4.78 is 47.4. The molecule has 31 heavy (non-hydrogen) atoms. The minimum absolute atomic E-state index is 0.188. The Kier molecular flexibility index (Phi) is 5.18. The first-order chi connectivity index (χ1) is 15.0. The molecule has 0 unspecified atom stereocenters. The van der Waals surface area contributed by atoms with E-state index in [2.05, 4.69) is 20.2 Å². The van der Waals surface area contributed by atoms with E-state index in [-0.39, 0.29) is 30.2 Å². The first kappa shape index (κ1) is 20.1. The highest BCUT2D eigenvalue weighted by molar-refractivity contribution is 7.89. The predicted molar refractivity (Wildman–Crippen MR) is 108 cm³/mol. The zero-order valence-electron chi connectivity index (χ0n) is 16.7.